The van der Waals surface area contributed by atoms with Gasteiger partial charge >= 0.3 is 0 Å². The Balaban J connectivity index is 1.90. The number of amides is 1. The summed E-state index contributed by atoms with van der Waals surface area (Å²) in [5, 5.41) is 2.66. The zero-order valence-corrected chi connectivity index (χ0v) is 7.95. The summed E-state index contributed by atoms with van der Waals surface area (Å²) in [5.41, 5.74) is 0.335. The van der Waals surface area contributed by atoms with Crippen LogP contribution in [-0.4, -0.2) is 14.7 Å². The number of aromatic nitrogens is 2. The highest BCUT2D eigenvalue weighted by atomic mass is 32.1. The van der Waals surface area contributed by atoms with Gasteiger partial charge in [-0.1, -0.05) is 0 Å². The summed E-state index contributed by atoms with van der Waals surface area (Å²) >= 11 is 1.01. The van der Waals surface area contributed by atoms with Gasteiger partial charge < -0.3 is 9.73 Å². The van der Waals surface area contributed by atoms with Crippen molar-refractivity contribution in [3.05, 3.63) is 36.0 Å². The van der Waals surface area contributed by atoms with Crippen LogP contribution < -0.4 is 5.32 Å². The van der Waals surface area contributed by atoms with Crippen LogP contribution in [0.2, 0.25) is 0 Å². The topological polar surface area (TPSA) is 68.0 Å². The lowest BCUT2D eigenvalue weighted by molar-refractivity contribution is 0.0944. The largest absolute Gasteiger partial charge is 0.467 e. The van der Waals surface area contributed by atoms with Gasteiger partial charge in [-0.2, -0.15) is 8.75 Å². The highest BCUT2D eigenvalue weighted by Gasteiger charge is 2.08. The summed E-state index contributed by atoms with van der Waals surface area (Å²) in [7, 11) is 0. The van der Waals surface area contributed by atoms with Gasteiger partial charge in [0, 0.05) is 0 Å². The van der Waals surface area contributed by atoms with Crippen LogP contribution in [0, 0.1) is 0 Å². The second-order valence-electron chi connectivity index (χ2n) is 2.55. The van der Waals surface area contributed by atoms with Gasteiger partial charge in [0.1, 0.15) is 5.76 Å². The molecule has 5 nitrogen and oxygen atoms in total. The van der Waals surface area contributed by atoms with Crippen LogP contribution in [-0.2, 0) is 6.54 Å². The van der Waals surface area contributed by atoms with Crippen LogP contribution in [0.5, 0.6) is 0 Å². The van der Waals surface area contributed by atoms with Crippen molar-refractivity contribution in [1.29, 1.82) is 0 Å². The fourth-order valence-electron chi connectivity index (χ4n) is 0.936. The van der Waals surface area contributed by atoms with E-state index in [4.69, 9.17) is 4.42 Å². The second kappa shape index (κ2) is 4.01. The first-order valence-electron chi connectivity index (χ1n) is 3.94. The van der Waals surface area contributed by atoms with Crippen LogP contribution in [0.25, 0.3) is 0 Å². The molecule has 0 spiro atoms. The first kappa shape index (κ1) is 8.89. The number of nitrogens with zero attached hydrogens (tertiary/aromatic N) is 2. The summed E-state index contributed by atoms with van der Waals surface area (Å²) in [6.07, 6.45) is 2.99. The van der Waals surface area contributed by atoms with Crippen molar-refractivity contribution in [2.75, 3.05) is 0 Å². The second-order valence-corrected chi connectivity index (χ2v) is 3.11. The first-order chi connectivity index (χ1) is 6.86. The molecule has 72 valence electrons. The lowest BCUT2D eigenvalue weighted by atomic mass is 10.4. The molecule has 0 aliphatic carbocycles. The molecule has 0 aliphatic rings. The number of carbonyl (C=O) groups excluding carboxylic acids is 1. The van der Waals surface area contributed by atoms with Gasteiger partial charge in [-0.3, -0.25) is 4.79 Å². The quantitative estimate of drug-likeness (QED) is 0.820. The number of carbonyl (C=O) groups is 1. The van der Waals surface area contributed by atoms with E-state index in [1.165, 1.54) is 6.20 Å². The molecule has 0 fully saturated rings. The van der Waals surface area contributed by atoms with E-state index in [-0.39, 0.29) is 5.91 Å². The number of hydrogen-bond donors (Lipinski definition) is 1. The molecule has 0 unspecified atom stereocenters. The normalized spacial score (nSPS) is 10.0. The maximum Gasteiger partial charge on any atom is 0.273 e. The molecule has 0 aromatic carbocycles. The van der Waals surface area contributed by atoms with Crippen molar-refractivity contribution in [1.82, 2.24) is 14.1 Å². The van der Waals surface area contributed by atoms with E-state index in [2.05, 4.69) is 14.1 Å². The Morgan fingerprint density at radius 2 is 2.57 bits per heavy atom. The Morgan fingerprint density at radius 3 is 3.21 bits per heavy atom. The van der Waals surface area contributed by atoms with Crippen molar-refractivity contribution in [2.24, 2.45) is 0 Å². The van der Waals surface area contributed by atoms with E-state index >= 15 is 0 Å². The van der Waals surface area contributed by atoms with E-state index in [1.54, 1.807) is 18.4 Å². The highest BCUT2D eigenvalue weighted by Crippen LogP contribution is 2.00. The third kappa shape index (κ3) is 1.97. The zero-order chi connectivity index (χ0) is 9.80. The third-order valence-electron chi connectivity index (χ3n) is 1.60. The van der Waals surface area contributed by atoms with Crippen LogP contribution in [0.15, 0.2) is 29.0 Å². The summed E-state index contributed by atoms with van der Waals surface area (Å²) in [6, 6.07) is 3.56. The van der Waals surface area contributed by atoms with Gasteiger partial charge in [-0.05, 0) is 12.1 Å². The first-order valence-corrected chi connectivity index (χ1v) is 4.67. The average molecular weight is 209 g/mol. The van der Waals surface area contributed by atoms with Gasteiger partial charge in [-0.15, -0.1) is 0 Å². The molecule has 2 aromatic rings. The fraction of sp³-hybridized carbons (Fsp3) is 0.125. The van der Waals surface area contributed by atoms with Crippen molar-refractivity contribution in [3.8, 4) is 0 Å². The Morgan fingerprint density at radius 1 is 1.64 bits per heavy atom. The average Bonchev–Trinajstić information content (AvgIpc) is 2.87. The molecule has 0 saturated carbocycles. The Labute approximate surface area is 84.1 Å². The van der Waals surface area contributed by atoms with Gasteiger partial charge in [-0.25, -0.2) is 0 Å². The lowest BCUT2D eigenvalue weighted by Gasteiger charge is -1.98. The predicted octanol–water partition coefficient (Wildman–Crippen LogP) is 1.06. The number of furan rings is 1. The minimum absolute atomic E-state index is 0.241. The monoisotopic (exact) mass is 209 g/mol. The maximum absolute atomic E-state index is 11.4. The smallest absolute Gasteiger partial charge is 0.273 e. The third-order valence-corrected chi connectivity index (χ3v) is 2.08. The number of hydrogen-bond acceptors (Lipinski definition) is 5. The van der Waals surface area contributed by atoms with E-state index in [0.717, 1.165) is 11.7 Å². The van der Waals surface area contributed by atoms with E-state index < -0.39 is 0 Å². The van der Waals surface area contributed by atoms with Gasteiger partial charge in [0.05, 0.1) is 30.7 Å². The molecular formula is C8H7N3O2S. The minimum Gasteiger partial charge on any atom is -0.467 e. The van der Waals surface area contributed by atoms with E-state index in [1.807, 2.05) is 0 Å². The Bertz CT molecular complexity index is 396. The summed E-state index contributed by atoms with van der Waals surface area (Å²) in [5.74, 6) is 0.469. The fourth-order valence-corrected chi connectivity index (χ4v) is 1.35. The molecule has 1 amide bonds. The molecule has 0 bridgehead atoms. The molecule has 0 saturated heterocycles. The number of rotatable bonds is 3. The molecule has 14 heavy (non-hydrogen) atoms. The summed E-state index contributed by atoms with van der Waals surface area (Å²) in [6.45, 7) is 0.364. The Kier molecular flexibility index (Phi) is 2.55. The van der Waals surface area contributed by atoms with Crippen molar-refractivity contribution in [2.45, 2.75) is 6.54 Å². The lowest BCUT2D eigenvalue weighted by Crippen LogP contribution is -2.22. The maximum atomic E-state index is 11.4. The molecule has 1 N–H and O–H groups in total. The molecule has 2 rings (SSSR count). The Hall–Kier alpha value is -1.69. The molecule has 0 aliphatic heterocycles. The summed E-state index contributed by atoms with van der Waals surface area (Å²) < 4.78 is 12.6. The van der Waals surface area contributed by atoms with E-state index in [0.29, 0.717) is 18.0 Å². The van der Waals surface area contributed by atoms with Crippen molar-refractivity contribution < 1.29 is 9.21 Å². The van der Waals surface area contributed by atoms with Crippen LogP contribution in [0.4, 0.5) is 0 Å². The molecule has 0 atom stereocenters. The molecule has 0 radical (unpaired) electrons. The molecular weight excluding hydrogens is 202 g/mol. The van der Waals surface area contributed by atoms with E-state index in [9.17, 15) is 4.79 Å². The SMILES string of the molecule is O=C(NCc1ccco1)c1cnsn1. The molecule has 2 heterocycles. The predicted molar refractivity (Wildman–Crippen MR) is 49.8 cm³/mol. The zero-order valence-electron chi connectivity index (χ0n) is 7.14. The van der Waals surface area contributed by atoms with Crippen LogP contribution >= 0.6 is 11.7 Å². The summed E-state index contributed by atoms with van der Waals surface area (Å²) in [4.78, 5) is 11.4. The van der Waals surface area contributed by atoms with Gasteiger partial charge in [0.2, 0.25) is 0 Å². The van der Waals surface area contributed by atoms with Crippen LogP contribution in [0.3, 0.4) is 0 Å². The standard InChI is InChI=1S/C8H7N3O2S/c12-8(7-5-10-14-11-7)9-4-6-2-1-3-13-6/h1-3,5H,4H2,(H,9,12). The molecule has 2 aromatic heterocycles. The van der Waals surface area contributed by atoms with Crippen LogP contribution in [0.1, 0.15) is 16.2 Å². The van der Waals surface area contributed by atoms with Crippen molar-refractivity contribution in [3.63, 3.8) is 0 Å². The number of nitrogens with one attached hydrogen (secondary N) is 1. The van der Waals surface area contributed by atoms with Gasteiger partial charge in [0.25, 0.3) is 5.91 Å². The van der Waals surface area contributed by atoms with Gasteiger partial charge in [0.15, 0.2) is 5.69 Å². The molecule has 6 heteroatoms. The minimum atomic E-state index is -0.241. The highest BCUT2D eigenvalue weighted by molar-refractivity contribution is 6.99. The van der Waals surface area contributed by atoms with Crippen molar-refractivity contribution >= 4 is 17.6 Å².